The van der Waals surface area contributed by atoms with Crippen LogP contribution in [0.1, 0.15) is 21.5 Å². The van der Waals surface area contributed by atoms with Crippen LogP contribution in [0.3, 0.4) is 0 Å². The number of nitrogens with zero attached hydrogens (tertiary/aromatic N) is 1. The van der Waals surface area contributed by atoms with E-state index in [0.29, 0.717) is 0 Å². The maximum Gasteiger partial charge on any atom is 0.253 e. The molecule has 0 bridgehead atoms. The van der Waals surface area contributed by atoms with Crippen LogP contribution in [0.5, 0.6) is 0 Å². The van der Waals surface area contributed by atoms with Crippen molar-refractivity contribution < 1.29 is 4.79 Å². The average Bonchev–Trinajstić information content (AvgIpc) is 2.43. The molecule has 2 rings (SSSR count). The number of nitrogens with one attached hydrogen (secondary N) is 2. The summed E-state index contributed by atoms with van der Waals surface area (Å²) in [6, 6.07) is 6.03. The van der Waals surface area contributed by atoms with Crippen molar-refractivity contribution in [3.8, 4) is 0 Å². The molecule has 0 aromatic heterocycles. The van der Waals surface area contributed by atoms with Crippen molar-refractivity contribution in [2.45, 2.75) is 13.0 Å². The Bertz CT molecular complexity index is 431. The molecule has 18 heavy (non-hydrogen) atoms. The van der Waals surface area contributed by atoms with Crippen molar-refractivity contribution in [1.82, 2.24) is 15.5 Å². The highest BCUT2D eigenvalue weighted by molar-refractivity contribution is 5.96. The van der Waals surface area contributed by atoms with Crippen LogP contribution >= 0.6 is 0 Å². The lowest BCUT2D eigenvalue weighted by Gasteiger charge is -2.23. The van der Waals surface area contributed by atoms with Crippen LogP contribution in [-0.2, 0) is 13.0 Å². The normalized spacial score (nSPS) is 14.1. The SMILES string of the molecule is CNCCN(C)C(=O)c1cccc2c1CCNC2. The van der Waals surface area contributed by atoms with Crippen molar-refractivity contribution in [2.75, 3.05) is 33.7 Å². The number of likely N-dealkylation sites (N-methyl/N-ethyl adjacent to an activating group) is 2. The Kier molecular flexibility index (Phi) is 4.33. The molecule has 4 nitrogen and oxygen atoms in total. The number of carbonyl (C=O) groups excluding carboxylic acids is 1. The van der Waals surface area contributed by atoms with Crippen LogP contribution in [0.15, 0.2) is 18.2 Å². The minimum Gasteiger partial charge on any atom is -0.340 e. The number of carbonyl (C=O) groups is 1. The molecule has 1 aliphatic rings. The van der Waals surface area contributed by atoms with Gasteiger partial charge in [0, 0.05) is 32.2 Å². The molecule has 0 spiro atoms. The largest absolute Gasteiger partial charge is 0.340 e. The Morgan fingerprint density at radius 2 is 2.33 bits per heavy atom. The molecule has 0 radical (unpaired) electrons. The number of benzene rings is 1. The third kappa shape index (κ3) is 2.71. The van der Waals surface area contributed by atoms with Gasteiger partial charge in [-0.25, -0.2) is 0 Å². The molecule has 0 aliphatic carbocycles. The summed E-state index contributed by atoms with van der Waals surface area (Å²) >= 11 is 0. The van der Waals surface area contributed by atoms with Gasteiger partial charge in [0.05, 0.1) is 0 Å². The summed E-state index contributed by atoms with van der Waals surface area (Å²) in [6.07, 6.45) is 0.942. The summed E-state index contributed by atoms with van der Waals surface area (Å²) in [6.45, 7) is 3.38. The smallest absolute Gasteiger partial charge is 0.253 e. The molecule has 98 valence electrons. The van der Waals surface area contributed by atoms with Gasteiger partial charge in [0.25, 0.3) is 5.91 Å². The molecule has 0 atom stereocenters. The average molecular weight is 247 g/mol. The highest BCUT2D eigenvalue weighted by atomic mass is 16.2. The van der Waals surface area contributed by atoms with E-state index in [2.05, 4.69) is 16.7 Å². The Labute approximate surface area is 108 Å². The van der Waals surface area contributed by atoms with Gasteiger partial charge in [-0.3, -0.25) is 4.79 Å². The number of amides is 1. The second-order valence-corrected chi connectivity index (χ2v) is 4.70. The first-order valence-electron chi connectivity index (χ1n) is 6.45. The lowest BCUT2D eigenvalue weighted by molar-refractivity contribution is 0.0795. The highest BCUT2D eigenvalue weighted by Gasteiger charge is 2.19. The van der Waals surface area contributed by atoms with Crippen molar-refractivity contribution >= 4 is 5.91 Å². The first kappa shape index (κ1) is 13.1. The van der Waals surface area contributed by atoms with Gasteiger partial charge in [-0.05, 0) is 37.2 Å². The number of hydrogen-bond donors (Lipinski definition) is 2. The van der Waals surface area contributed by atoms with E-state index in [9.17, 15) is 4.79 Å². The van der Waals surface area contributed by atoms with Crippen LogP contribution in [0.2, 0.25) is 0 Å². The quantitative estimate of drug-likeness (QED) is 0.820. The topological polar surface area (TPSA) is 44.4 Å². The minimum atomic E-state index is 0.129. The van der Waals surface area contributed by atoms with E-state index >= 15 is 0 Å². The van der Waals surface area contributed by atoms with E-state index in [1.54, 1.807) is 4.90 Å². The molecule has 1 heterocycles. The molecule has 0 fully saturated rings. The van der Waals surface area contributed by atoms with Crippen LogP contribution in [0, 0.1) is 0 Å². The Balaban J connectivity index is 2.19. The van der Waals surface area contributed by atoms with E-state index in [1.807, 2.05) is 26.2 Å². The third-order valence-electron chi connectivity index (χ3n) is 3.41. The maximum atomic E-state index is 12.4. The van der Waals surface area contributed by atoms with Gasteiger partial charge in [-0.1, -0.05) is 12.1 Å². The Hall–Kier alpha value is -1.39. The highest BCUT2D eigenvalue weighted by Crippen LogP contribution is 2.19. The van der Waals surface area contributed by atoms with Crippen LogP contribution in [-0.4, -0.2) is 44.5 Å². The Morgan fingerprint density at radius 3 is 3.11 bits per heavy atom. The monoisotopic (exact) mass is 247 g/mol. The van der Waals surface area contributed by atoms with Crippen LogP contribution < -0.4 is 10.6 Å². The fourth-order valence-corrected chi connectivity index (χ4v) is 2.32. The molecule has 1 aliphatic heterocycles. The summed E-state index contributed by atoms with van der Waals surface area (Å²) in [4.78, 5) is 14.2. The zero-order valence-electron chi connectivity index (χ0n) is 11.1. The minimum absolute atomic E-state index is 0.129. The van der Waals surface area contributed by atoms with E-state index in [4.69, 9.17) is 0 Å². The summed E-state index contributed by atoms with van der Waals surface area (Å²) in [5, 5.41) is 6.40. The zero-order valence-corrected chi connectivity index (χ0v) is 11.1. The molecule has 1 amide bonds. The summed E-state index contributed by atoms with van der Waals surface area (Å²) < 4.78 is 0. The number of rotatable bonds is 4. The molecular formula is C14H21N3O. The van der Waals surface area contributed by atoms with Gasteiger partial charge in [-0.15, -0.1) is 0 Å². The first-order chi connectivity index (χ1) is 8.74. The summed E-state index contributed by atoms with van der Waals surface area (Å²) in [5.74, 6) is 0.129. The molecular weight excluding hydrogens is 226 g/mol. The van der Waals surface area contributed by atoms with Gasteiger partial charge >= 0.3 is 0 Å². The lowest BCUT2D eigenvalue weighted by Crippen LogP contribution is -2.34. The van der Waals surface area contributed by atoms with Crippen molar-refractivity contribution in [2.24, 2.45) is 0 Å². The molecule has 0 saturated heterocycles. The Morgan fingerprint density at radius 1 is 1.50 bits per heavy atom. The fourth-order valence-electron chi connectivity index (χ4n) is 2.32. The molecule has 0 saturated carbocycles. The third-order valence-corrected chi connectivity index (χ3v) is 3.41. The second kappa shape index (κ2) is 5.98. The maximum absolute atomic E-state index is 12.4. The first-order valence-corrected chi connectivity index (χ1v) is 6.45. The van der Waals surface area contributed by atoms with Gasteiger partial charge < -0.3 is 15.5 Å². The number of fused-ring (bicyclic) bond motifs is 1. The van der Waals surface area contributed by atoms with Gasteiger partial charge in [-0.2, -0.15) is 0 Å². The molecule has 0 unspecified atom stereocenters. The van der Waals surface area contributed by atoms with Crippen LogP contribution in [0.4, 0.5) is 0 Å². The number of hydrogen-bond acceptors (Lipinski definition) is 3. The summed E-state index contributed by atoms with van der Waals surface area (Å²) in [7, 11) is 3.76. The van der Waals surface area contributed by atoms with Gasteiger partial charge in [0.1, 0.15) is 0 Å². The predicted molar refractivity (Wildman–Crippen MR) is 72.7 cm³/mol. The zero-order chi connectivity index (χ0) is 13.0. The van der Waals surface area contributed by atoms with E-state index < -0.39 is 0 Å². The molecule has 2 N–H and O–H groups in total. The molecule has 1 aromatic carbocycles. The van der Waals surface area contributed by atoms with E-state index in [-0.39, 0.29) is 5.91 Å². The predicted octanol–water partition coefficient (Wildman–Crippen LogP) is 0.624. The second-order valence-electron chi connectivity index (χ2n) is 4.70. The summed E-state index contributed by atoms with van der Waals surface area (Å²) in [5.41, 5.74) is 3.35. The van der Waals surface area contributed by atoms with Crippen molar-refractivity contribution in [3.63, 3.8) is 0 Å². The van der Waals surface area contributed by atoms with Gasteiger partial charge in [0.2, 0.25) is 0 Å². The van der Waals surface area contributed by atoms with Gasteiger partial charge in [0.15, 0.2) is 0 Å². The van der Waals surface area contributed by atoms with E-state index in [1.165, 1.54) is 11.1 Å². The van der Waals surface area contributed by atoms with E-state index in [0.717, 1.165) is 38.2 Å². The fraction of sp³-hybridized carbons (Fsp3) is 0.500. The standard InChI is InChI=1S/C14H21N3O/c1-15-8-9-17(2)14(18)13-5-3-4-11-10-16-7-6-12(11)13/h3-5,15-16H,6-10H2,1-2H3. The van der Waals surface area contributed by atoms with Crippen molar-refractivity contribution in [3.05, 3.63) is 34.9 Å². The molecule has 1 aromatic rings. The lowest BCUT2D eigenvalue weighted by atomic mass is 9.95. The molecule has 4 heteroatoms. The van der Waals surface area contributed by atoms with Crippen LogP contribution in [0.25, 0.3) is 0 Å². The van der Waals surface area contributed by atoms with Crippen molar-refractivity contribution in [1.29, 1.82) is 0 Å².